The molecule has 1 aromatic heterocycles. The van der Waals surface area contributed by atoms with Crippen LogP contribution in [-0.2, 0) is 19.5 Å². The lowest BCUT2D eigenvalue weighted by Gasteiger charge is -2.26. The Morgan fingerprint density at radius 3 is 3.00 bits per heavy atom. The third kappa shape index (κ3) is 3.97. The molecule has 0 bridgehead atoms. The van der Waals surface area contributed by atoms with Crippen molar-refractivity contribution in [2.75, 3.05) is 18.4 Å². The molecule has 23 heavy (non-hydrogen) atoms. The lowest BCUT2D eigenvalue weighted by atomic mass is 10.1. The number of nitrogens with zero attached hydrogens (tertiary/aromatic N) is 2. The SMILES string of the molecule is C=CCNC(=S)Nc1n[nH]c2c1CCN(Cc1ccccc1)C2. The largest absolute Gasteiger partial charge is 0.359 e. The number of anilines is 1. The van der Waals surface area contributed by atoms with Crippen LogP contribution in [0.25, 0.3) is 0 Å². The number of aromatic nitrogens is 2. The van der Waals surface area contributed by atoms with Crippen molar-refractivity contribution >= 4 is 23.1 Å². The van der Waals surface area contributed by atoms with E-state index in [1.54, 1.807) is 6.08 Å². The molecule has 0 spiro atoms. The van der Waals surface area contributed by atoms with Crippen molar-refractivity contribution in [1.82, 2.24) is 20.4 Å². The summed E-state index contributed by atoms with van der Waals surface area (Å²) in [5.41, 5.74) is 3.74. The molecule has 3 N–H and O–H groups in total. The fourth-order valence-electron chi connectivity index (χ4n) is 2.77. The van der Waals surface area contributed by atoms with E-state index in [4.69, 9.17) is 12.2 Å². The van der Waals surface area contributed by atoms with E-state index in [2.05, 4.69) is 56.6 Å². The standard InChI is InChI=1S/C17H21N5S/c1-2-9-18-17(23)19-16-14-8-10-22(12-15(14)20-21-16)11-13-6-4-3-5-7-13/h2-7H,1,8-12H2,(H3,18,19,20,21,23). The quantitative estimate of drug-likeness (QED) is 0.582. The first-order chi connectivity index (χ1) is 11.3. The Labute approximate surface area is 141 Å². The highest BCUT2D eigenvalue weighted by Gasteiger charge is 2.22. The van der Waals surface area contributed by atoms with Crippen LogP contribution in [0, 0.1) is 0 Å². The molecule has 0 unspecified atom stereocenters. The zero-order chi connectivity index (χ0) is 16.1. The van der Waals surface area contributed by atoms with E-state index in [9.17, 15) is 0 Å². The number of hydrogen-bond acceptors (Lipinski definition) is 3. The number of fused-ring (bicyclic) bond motifs is 1. The molecule has 0 radical (unpaired) electrons. The van der Waals surface area contributed by atoms with E-state index in [0.717, 1.165) is 31.9 Å². The van der Waals surface area contributed by atoms with Crippen molar-refractivity contribution in [1.29, 1.82) is 0 Å². The Morgan fingerprint density at radius 1 is 1.39 bits per heavy atom. The topological polar surface area (TPSA) is 56.0 Å². The average molecular weight is 327 g/mol. The molecule has 0 saturated heterocycles. The number of benzene rings is 1. The number of H-pyrrole nitrogens is 1. The lowest BCUT2D eigenvalue weighted by molar-refractivity contribution is 0.242. The first kappa shape index (κ1) is 15.7. The van der Waals surface area contributed by atoms with Gasteiger partial charge in [-0.05, 0) is 24.2 Å². The van der Waals surface area contributed by atoms with Gasteiger partial charge in [0, 0.05) is 31.7 Å². The van der Waals surface area contributed by atoms with Crippen LogP contribution < -0.4 is 10.6 Å². The molecule has 6 heteroatoms. The van der Waals surface area contributed by atoms with E-state index in [1.165, 1.54) is 16.8 Å². The third-order valence-corrected chi connectivity index (χ3v) is 4.15. The number of thiocarbonyl (C=S) groups is 1. The van der Waals surface area contributed by atoms with Crippen LogP contribution in [0.3, 0.4) is 0 Å². The summed E-state index contributed by atoms with van der Waals surface area (Å²) in [4.78, 5) is 2.42. The van der Waals surface area contributed by atoms with Gasteiger partial charge in [-0.25, -0.2) is 0 Å². The maximum absolute atomic E-state index is 5.25. The predicted molar refractivity (Wildman–Crippen MR) is 97.3 cm³/mol. The second-order valence-electron chi connectivity index (χ2n) is 5.60. The molecule has 2 aromatic rings. The summed E-state index contributed by atoms with van der Waals surface area (Å²) in [6, 6.07) is 10.5. The van der Waals surface area contributed by atoms with E-state index in [-0.39, 0.29) is 0 Å². The summed E-state index contributed by atoms with van der Waals surface area (Å²) >= 11 is 5.25. The van der Waals surface area contributed by atoms with Crippen LogP contribution in [0.5, 0.6) is 0 Å². The summed E-state index contributed by atoms with van der Waals surface area (Å²) in [5, 5.41) is 14.3. The molecule has 5 nitrogen and oxygen atoms in total. The second kappa shape index (κ2) is 7.39. The fraction of sp³-hybridized carbons (Fsp3) is 0.294. The number of aromatic amines is 1. The zero-order valence-electron chi connectivity index (χ0n) is 13.0. The van der Waals surface area contributed by atoms with Gasteiger partial charge in [0.2, 0.25) is 0 Å². The third-order valence-electron chi connectivity index (χ3n) is 3.90. The van der Waals surface area contributed by atoms with Gasteiger partial charge in [-0.1, -0.05) is 36.4 Å². The minimum Gasteiger partial charge on any atom is -0.359 e. The van der Waals surface area contributed by atoms with Crippen molar-refractivity contribution in [2.45, 2.75) is 19.5 Å². The second-order valence-corrected chi connectivity index (χ2v) is 6.01. The maximum Gasteiger partial charge on any atom is 0.172 e. The summed E-state index contributed by atoms with van der Waals surface area (Å²) in [6.07, 6.45) is 2.74. The molecule has 1 aromatic carbocycles. The van der Waals surface area contributed by atoms with Gasteiger partial charge < -0.3 is 10.6 Å². The first-order valence-electron chi connectivity index (χ1n) is 7.74. The molecule has 0 amide bonds. The Balaban J connectivity index is 1.62. The summed E-state index contributed by atoms with van der Waals surface area (Å²) in [5.74, 6) is 0.834. The molecule has 120 valence electrons. The summed E-state index contributed by atoms with van der Waals surface area (Å²) < 4.78 is 0. The van der Waals surface area contributed by atoms with E-state index < -0.39 is 0 Å². The first-order valence-corrected chi connectivity index (χ1v) is 8.15. The van der Waals surface area contributed by atoms with E-state index in [1.807, 2.05) is 6.07 Å². The van der Waals surface area contributed by atoms with Crippen LogP contribution in [0.2, 0.25) is 0 Å². The molecule has 3 rings (SSSR count). The van der Waals surface area contributed by atoms with Gasteiger partial charge in [-0.2, -0.15) is 5.10 Å². The highest BCUT2D eigenvalue weighted by atomic mass is 32.1. The zero-order valence-corrected chi connectivity index (χ0v) is 13.8. The summed E-state index contributed by atoms with van der Waals surface area (Å²) in [7, 11) is 0. The minimum atomic E-state index is 0.575. The molecule has 0 fully saturated rings. The van der Waals surface area contributed by atoms with Crippen LogP contribution in [0.1, 0.15) is 16.8 Å². The van der Waals surface area contributed by atoms with Gasteiger partial charge in [0.05, 0.1) is 5.69 Å². The van der Waals surface area contributed by atoms with Gasteiger partial charge in [-0.15, -0.1) is 6.58 Å². The molecule has 0 atom stereocenters. The van der Waals surface area contributed by atoms with Gasteiger partial charge in [0.15, 0.2) is 10.9 Å². The van der Waals surface area contributed by atoms with E-state index in [0.29, 0.717) is 11.7 Å². The fourth-order valence-corrected chi connectivity index (χ4v) is 2.95. The molecule has 0 saturated carbocycles. The Bertz CT molecular complexity index is 680. The number of nitrogens with one attached hydrogen (secondary N) is 3. The van der Waals surface area contributed by atoms with Crippen molar-refractivity contribution < 1.29 is 0 Å². The predicted octanol–water partition coefficient (Wildman–Crippen LogP) is 2.44. The lowest BCUT2D eigenvalue weighted by Crippen LogP contribution is -2.31. The Morgan fingerprint density at radius 2 is 2.22 bits per heavy atom. The van der Waals surface area contributed by atoms with Crippen molar-refractivity contribution in [2.24, 2.45) is 0 Å². The highest BCUT2D eigenvalue weighted by molar-refractivity contribution is 7.80. The normalized spacial score (nSPS) is 14.1. The molecule has 1 aliphatic heterocycles. The summed E-state index contributed by atoms with van der Waals surface area (Å²) in [6.45, 7) is 7.16. The average Bonchev–Trinajstić information content (AvgIpc) is 2.96. The maximum atomic E-state index is 5.25. The molecule has 0 aliphatic carbocycles. The van der Waals surface area contributed by atoms with Gasteiger partial charge >= 0.3 is 0 Å². The van der Waals surface area contributed by atoms with Crippen LogP contribution in [0.15, 0.2) is 43.0 Å². The van der Waals surface area contributed by atoms with Gasteiger partial charge in [0.1, 0.15) is 0 Å². The van der Waals surface area contributed by atoms with Crippen LogP contribution in [-0.4, -0.2) is 33.3 Å². The molecular weight excluding hydrogens is 306 g/mol. The number of rotatable bonds is 5. The van der Waals surface area contributed by atoms with Crippen LogP contribution in [0.4, 0.5) is 5.82 Å². The molecule has 1 aliphatic rings. The smallest absolute Gasteiger partial charge is 0.172 e. The van der Waals surface area contributed by atoms with E-state index >= 15 is 0 Å². The minimum absolute atomic E-state index is 0.575. The monoisotopic (exact) mass is 327 g/mol. The van der Waals surface area contributed by atoms with Crippen molar-refractivity contribution in [3.05, 3.63) is 59.8 Å². The van der Waals surface area contributed by atoms with Crippen molar-refractivity contribution in [3.63, 3.8) is 0 Å². The van der Waals surface area contributed by atoms with Gasteiger partial charge in [0.25, 0.3) is 0 Å². The van der Waals surface area contributed by atoms with Crippen LogP contribution >= 0.6 is 12.2 Å². The molecular formula is C17H21N5S. The van der Waals surface area contributed by atoms with Gasteiger partial charge in [-0.3, -0.25) is 10.00 Å². The Hall–Kier alpha value is -2.18. The van der Waals surface area contributed by atoms with Crippen molar-refractivity contribution in [3.8, 4) is 0 Å². The molecule has 2 heterocycles. The Kier molecular flexibility index (Phi) is 5.05. The highest BCUT2D eigenvalue weighted by Crippen LogP contribution is 2.24. The number of hydrogen-bond donors (Lipinski definition) is 3.